The highest BCUT2D eigenvalue weighted by molar-refractivity contribution is 5.70. The van der Waals surface area contributed by atoms with Crippen molar-refractivity contribution in [3.05, 3.63) is 0 Å². The summed E-state index contributed by atoms with van der Waals surface area (Å²) in [5.41, 5.74) is -0.0938. The molecule has 2 aliphatic heterocycles. The first-order valence-electron chi connectivity index (χ1n) is 7.65. The smallest absolute Gasteiger partial charge is 0.306 e. The van der Waals surface area contributed by atoms with Gasteiger partial charge in [-0.2, -0.15) is 0 Å². The summed E-state index contributed by atoms with van der Waals surface area (Å²) in [6.07, 6.45) is 7.21. The fourth-order valence-electron chi connectivity index (χ4n) is 4.32. The molecule has 3 rings (SSSR count). The third-order valence-electron chi connectivity index (χ3n) is 5.34. The van der Waals surface area contributed by atoms with Crippen LogP contribution in [0.2, 0.25) is 0 Å². The van der Waals surface area contributed by atoms with E-state index in [2.05, 4.69) is 0 Å². The molecule has 0 aromatic rings. The van der Waals surface area contributed by atoms with E-state index in [0.29, 0.717) is 18.4 Å². The van der Waals surface area contributed by atoms with E-state index in [1.165, 1.54) is 6.42 Å². The molecular weight excluding hydrogens is 244 g/mol. The maximum atomic E-state index is 11.5. The van der Waals surface area contributed by atoms with Gasteiger partial charge in [0.1, 0.15) is 0 Å². The summed E-state index contributed by atoms with van der Waals surface area (Å²) in [4.78, 5) is 11.5. The summed E-state index contributed by atoms with van der Waals surface area (Å²) >= 11 is 0. The average molecular weight is 268 g/mol. The van der Waals surface area contributed by atoms with Crippen LogP contribution in [0.3, 0.4) is 0 Å². The Bertz CT molecular complexity index is 335. The van der Waals surface area contributed by atoms with Crippen LogP contribution < -0.4 is 0 Å². The summed E-state index contributed by atoms with van der Waals surface area (Å²) < 4.78 is 11.5. The Balaban J connectivity index is 1.71. The van der Waals surface area contributed by atoms with E-state index >= 15 is 0 Å². The molecule has 0 aromatic heterocycles. The van der Waals surface area contributed by atoms with Gasteiger partial charge in [0.15, 0.2) is 0 Å². The van der Waals surface area contributed by atoms with Crippen LogP contribution in [0.1, 0.15) is 44.9 Å². The second-order valence-corrected chi connectivity index (χ2v) is 6.48. The molecule has 1 N–H and O–H groups in total. The second-order valence-electron chi connectivity index (χ2n) is 6.48. The van der Waals surface area contributed by atoms with E-state index in [9.17, 15) is 9.90 Å². The van der Waals surface area contributed by atoms with Crippen molar-refractivity contribution >= 4 is 5.97 Å². The number of aliphatic carboxylic acids is 1. The Labute approximate surface area is 114 Å². The Morgan fingerprint density at radius 3 is 2.74 bits per heavy atom. The number of rotatable bonds is 2. The highest BCUT2D eigenvalue weighted by Gasteiger charge is 2.45. The van der Waals surface area contributed by atoms with Gasteiger partial charge in [0, 0.05) is 19.6 Å². The first-order chi connectivity index (χ1) is 9.20. The molecule has 4 nitrogen and oxygen atoms in total. The van der Waals surface area contributed by atoms with Crippen molar-refractivity contribution in [3.8, 4) is 0 Å². The molecule has 1 spiro atoms. The Morgan fingerprint density at radius 1 is 1.16 bits per heavy atom. The monoisotopic (exact) mass is 268 g/mol. The molecule has 0 aromatic carbocycles. The van der Waals surface area contributed by atoms with Crippen LogP contribution in [0.15, 0.2) is 0 Å². The van der Waals surface area contributed by atoms with Gasteiger partial charge in [-0.15, -0.1) is 0 Å². The van der Waals surface area contributed by atoms with Crippen molar-refractivity contribution in [2.75, 3.05) is 19.8 Å². The number of carboxylic acids is 1. The van der Waals surface area contributed by atoms with E-state index in [1.807, 2.05) is 0 Å². The molecule has 1 aliphatic carbocycles. The van der Waals surface area contributed by atoms with Crippen molar-refractivity contribution in [2.24, 2.45) is 17.8 Å². The van der Waals surface area contributed by atoms with Gasteiger partial charge in [-0.05, 0) is 37.5 Å². The van der Waals surface area contributed by atoms with Crippen LogP contribution in [0.5, 0.6) is 0 Å². The fourth-order valence-corrected chi connectivity index (χ4v) is 4.32. The first-order valence-corrected chi connectivity index (χ1v) is 7.65. The van der Waals surface area contributed by atoms with Gasteiger partial charge in [-0.3, -0.25) is 4.79 Å². The lowest BCUT2D eigenvalue weighted by Gasteiger charge is -2.43. The van der Waals surface area contributed by atoms with Crippen LogP contribution in [0, 0.1) is 17.8 Å². The molecule has 108 valence electrons. The van der Waals surface area contributed by atoms with Crippen molar-refractivity contribution in [1.82, 2.24) is 0 Å². The van der Waals surface area contributed by atoms with Crippen LogP contribution in [0.4, 0.5) is 0 Å². The van der Waals surface area contributed by atoms with Gasteiger partial charge < -0.3 is 14.6 Å². The van der Waals surface area contributed by atoms with Crippen molar-refractivity contribution < 1.29 is 19.4 Å². The van der Waals surface area contributed by atoms with Gasteiger partial charge in [0.25, 0.3) is 0 Å². The molecule has 4 atom stereocenters. The highest BCUT2D eigenvalue weighted by Crippen LogP contribution is 2.45. The number of hydrogen-bond donors (Lipinski definition) is 1. The first kappa shape index (κ1) is 13.4. The normalized spacial score (nSPS) is 43.5. The van der Waals surface area contributed by atoms with Gasteiger partial charge in [0.05, 0.1) is 18.1 Å². The zero-order valence-corrected chi connectivity index (χ0v) is 11.5. The molecule has 2 saturated heterocycles. The molecule has 4 heteroatoms. The van der Waals surface area contributed by atoms with Crippen molar-refractivity contribution in [1.29, 1.82) is 0 Å². The molecule has 0 amide bonds. The SMILES string of the molecule is O=C(O)C1CCCCC1C1CCOC2(CCOC2)C1. The summed E-state index contributed by atoms with van der Waals surface area (Å²) in [7, 11) is 0. The molecule has 3 fully saturated rings. The summed E-state index contributed by atoms with van der Waals surface area (Å²) in [5.74, 6) is 0.147. The molecule has 4 unspecified atom stereocenters. The van der Waals surface area contributed by atoms with Crippen LogP contribution in [-0.2, 0) is 14.3 Å². The minimum Gasteiger partial charge on any atom is -0.481 e. The second kappa shape index (κ2) is 5.41. The minimum atomic E-state index is -0.590. The third kappa shape index (κ3) is 2.65. The lowest BCUT2D eigenvalue weighted by molar-refractivity contribution is -0.150. The number of ether oxygens (including phenoxy) is 2. The van der Waals surface area contributed by atoms with Gasteiger partial charge >= 0.3 is 5.97 Å². The Kier molecular flexibility index (Phi) is 3.81. The Morgan fingerprint density at radius 2 is 2.00 bits per heavy atom. The lowest BCUT2D eigenvalue weighted by Crippen LogP contribution is -2.44. The van der Waals surface area contributed by atoms with E-state index in [1.54, 1.807) is 0 Å². The van der Waals surface area contributed by atoms with Crippen molar-refractivity contribution in [3.63, 3.8) is 0 Å². The van der Waals surface area contributed by atoms with Crippen LogP contribution in [-0.4, -0.2) is 36.5 Å². The molecule has 3 aliphatic rings. The molecule has 2 heterocycles. The van der Waals surface area contributed by atoms with E-state index in [0.717, 1.165) is 51.7 Å². The van der Waals surface area contributed by atoms with Gasteiger partial charge in [-0.25, -0.2) is 0 Å². The van der Waals surface area contributed by atoms with Crippen LogP contribution in [0.25, 0.3) is 0 Å². The van der Waals surface area contributed by atoms with E-state index in [-0.39, 0.29) is 11.5 Å². The maximum absolute atomic E-state index is 11.5. The third-order valence-corrected chi connectivity index (χ3v) is 5.34. The molecule has 0 bridgehead atoms. The summed E-state index contributed by atoms with van der Waals surface area (Å²) in [6.45, 7) is 2.27. The highest BCUT2D eigenvalue weighted by atomic mass is 16.6. The van der Waals surface area contributed by atoms with Crippen molar-refractivity contribution in [2.45, 2.75) is 50.5 Å². The quantitative estimate of drug-likeness (QED) is 0.836. The number of hydrogen-bond acceptors (Lipinski definition) is 3. The lowest BCUT2D eigenvalue weighted by atomic mass is 9.67. The molecule has 19 heavy (non-hydrogen) atoms. The molecule has 1 saturated carbocycles. The number of carboxylic acid groups (broad SMARTS) is 1. The standard InChI is InChI=1S/C15H24O4/c16-14(17)13-4-2-1-3-12(13)11-5-7-19-15(9-11)6-8-18-10-15/h11-13H,1-10H2,(H,16,17). The average Bonchev–Trinajstić information content (AvgIpc) is 2.86. The maximum Gasteiger partial charge on any atom is 0.306 e. The number of carbonyl (C=O) groups is 1. The van der Waals surface area contributed by atoms with Gasteiger partial charge in [-0.1, -0.05) is 12.8 Å². The van der Waals surface area contributed by atoms with Gasteiger partial charge in [0.2, 0.25) is 0 Å². The zero-order chi connectivity index (χ0) is 13.3. The summed E-state index contributed by atoms with van der Waals surface area (Å²) in [5, 5.41) is 9.44. The largest absolute Gasteiger partial charge is 0.481 e. The predicted molar refractivity (Wildman–Crippen MR) is 69.9 cm³/mol. The zero-order valence-electron chi connectivity index (χ0n) is 11.5. The predicted octanol–water partition coefficient (Wildman–Crippen LogP) is 2.46. The van der Waals surface area contributed by atoms with E-state index < -0.39 is 5.97 Å². The Hall–Kier alpha value is -0.610. The topological polar surface area (TPSA) is 55.8 Å². The minimum absolute atomic E-state index is 0.0938. The summed E-state index contributed by atoms with van der Waals surface area (Å²) in [6, 6.07) is 0. The molecule has 0 radical (unpaired) electrons. The fraction of sp³-hybridized carbons (Fsp3) is 0.933. The van der Waals surface area contributed by atoms with E-state index in [4.69, 9.17) is 9.47 Å². The molecular formula is C15H24O4. The van der Waals surface area contributed by atoms with Crippen LogP contribution >= 0.6 is 0 Å².